The average molecular weight is 360 g/mol. The Balaban J connectivity index is 1.68. The van der Waals surface area contributed by atoms with Gasteiger partial charge in [0.25, 0.3) is 0 Å². The molecule has 0 amide bonds. The van der Waals surface area contributed by atoms with Crippen LogP contribution in [0.1, 0.15) is 28.6 Å². The number of aryl methyl sites for hydroxylation is 1. The molecule has 0 bridgehead atoms. The van der Waals surface area contributed by atoms with Crippen LogP contribution in [0.2, 0.25) is 0 Å². The molecule has 0 saturated carbocycles. The van der Waals surface area contributed by atoms with Gasteiger partial charge in [-0.1, -0.05) is 42.5 Å². The number of ether oxygens (including phenoxy) is 2. The highest BCUT2D eigenvalue weighted by atomic mass is 16.5. The molecular weight excluding hydrogens is 336 g/mol. The van der Waals surface area contributed by atoms with Crippen molar-refractivity contribution >= 4 is 0 Å². The monoisotopic (exact) mass is 360 g/mol. The summed E-state index contributed by atoms with van der Waals surface area (Å²) >= 11 is 0. The summed E-state index contributed by atoms with van der Waals surface area (Å²) in [5.74, 6) is 1.80. The van der Waals surface area contributed by atoms with Crippen molar-refractivity contribution in [3.8, 4) is 11.5 Å². The zero-order chi connectivity index (χ0) is 18.6. The van der Waals surface area contributed by atoms with Crippen LogP contribution in [0.15, 0.2) is 66.7 Å². The second-order valence-electron chi connectivity index (χ2n) is 6.90. The van der Waals surface area contributed by atoms with Crippen LogP contribution in [0.3, 0.4) is 0 Å². The second kappa shape index (κ2) is 7.80. The lowest BCUT2D eigenvalue weighted by atomic mass is 10.1. The number of pyridine rings is 1. The van der Waals surface area contributed by atoms with Crippen molar-refractivity contribution in [1.82, 2.24) is 9.88 Å². The molecule has 0 radical (unpaired) electrons. The molecule has 1 aromatic heterocycles. The number of hydrogen-bond donors (Lipinski definition) is 0. The fourth-order valence-electron chi connectivity index (χ4n) is 3.61. The van der Waals surface area contributed by atoms with Gasteiger partial charge < -0.3 is 9.47 Å². The maximum atomic E-state index is 6.44. The third-order valence-electron chi connectivity index (χ3n) is 4.88. The van der Waals surface area contributed by atoms with E-state index >= 15 is 0 Å². The average Bonchev–Trinajstić information content (AvgIpc) is 2.87. The molecular formula is C23H24N2O2. The molecule has 2 heterocycles. The smallest absolute Gasteiger partial charge is 0.140 e. The minimum atomic E-state index is -0.102. The highest BCUT2D eigenvalue weighted by molar-refractivity contribution is 5.39. The molecule has 0 spiro atoms. The first kappa shape index (κ1) is 17.6. The molecule has 2 aromatic carbocycles. The van der Waals surface area contributed by atoms with Crippen LogP contribution < -0.4 is 9.47 Å². The van der Waals surface area contributed by atoms with Crippen LogP contribution in [-0.4, -0.2) is 23.5 Å². The molecule has 0 saturated heterocycles. The quantitative estimate of drug-likeness (QED) is 0.684. The van der Waals surface area contributed by atoms with Crippen LogP contribution >= 0.6 is 0 Å². The lowest BCUT2D eigenvalue weighted by molar-refractivity contribution is 0.140. The van der Waals surface area contributed by atoms with Gasteiger partial charge in [-0.25, -0.2) is 0 Å². The molecule has 0 fully saturated rings. The number of benzene rings is 2. The van der Waals surface area contributed by atoms with Crippen molar-refractivity contribution in [3.63, 3.8) is 0 Å². The number of fused-ring (bicyclic) bond motifs is 1. The van der Waals surface area contributed by atoms with E-state index in [-0.39, 0.29) is 6.10 Å². The molecule has 4 heteroatoms. The van der Waals surface area contributed by atoms with E-state index in [1.807, 2.05) is 43.3 Å². The molecule has 1 atom stereocenters. The van der Waals surface area contributed by atoms with E-state index in [4.69, 9.17) is 9.47 Å². The maximum absolute atomic E-state index is 6.44. The van der Waals surface area contributed by atoms with Gasteiger partial charge in [0.1, 0.15) is 17.6 Å². The van der Waals surface area contributed by atoms with Gasteiger partial charge in [-0.3, -0.25) is 9.88 Å². The molecule has 4 rings (SSSR count). The molecule has 0 N–H and O–H groups in total. The molecule has 1 unspecified atom stereocenters. The summed E-state index contributed by atoms with van der Waals surface area (Å²) in [5.41, 5.74) is 4.38. The van der Waals surface area contributed by atoms with Crippen molar-refractivity contribution in [2.45, 2.75) is 26.1 Å². The summed E-state index contributed by atoms with van der Waals surface area (Å²) in [6, 6.07) is 22.5. The highest BCUT2D eigenvalue weighted by Gasteiger charge is 2.26. The lowest BCUT2D eigenvalue weighted by Crippen LogP contribution is -2.28. The summed E-state index contributed by atoms with van der Waals surface area (Å²) < 4.78 is 12.0. The fourth-order valence-corrected chi connectivity index (χ4v) is 3.61. The number of para-hydroxylation sites is 2. The van der Waals surface area contributed by atoms with E-state index < -0.39 is 0 Å². The molecule has 3 aromatic rings. The fraction of sp³-hybridized carbons (Fsp3) is 0.261. The lowest BCUT2D eigenvalue weighted by Gasteiger charge is -2.25. The number of nitrogens with zero attached hydrogens (tertiary/aromatic N) is 2. The summed E-state index contributed by atoms with van der Waals surface area (Å²) in [5, 5.41) is 0. The number of rotatable bonds is 4. The van der Waals surface area contributed by atoms with Crippen molar-refractivity contribution in [1.29, 1.82) is 0 Å². The van der Waals surface area contributed by atoms with Gasteiger partial charge in [-0.15, -0.1) is 0 Å². The Morgan fingerprint density at radius 3 is 2.70 bits per heavy atom. The topological polar surface area (TPSA) is 34.6 Å². The van der Waals surface area contributed by atoms with Crippen LogP contribution in [0.25, 0.3) is 0 Å². The van der Waals surface area contributed by atoms with Crippen molar-refractivity contribution in [2.75, 3.05) is 13.7 Å². The van der Waals surface area contributed by atoms with Crippen LogP contribution in [-0.2, 0) is 13.1 Å². The first-order valence-electron chi connectivity index (χ1n) is 9.25. The van der Waals surface area contributed by atoms with Gasteiger partial charge >= 0.3 is 0 Å². The Morgan fingerprint density at radius 2 is 1.85 bits per heavy atom. The van der Waals surface area contributed by atoms with E-state index in [0.717, 1.165) is 48.1 Å². The summed E-state index contributed by atoms with van der Waals surface area (Å²) in [6.45, 7) is 4.41. The van der Waals surface area contributed by atoms with E-state index in [9.17, 15) is 0 Å². The van der Waals surface area contributed by atoms with Gasteiger partial charge in [-0.2, -0.15) is 0 Å². The SMILES string of the molecule is COc1ccccc1C1CN(Cc2cccc(C)n2)Cc2ccccc2O1. The largest absolute Gasteiger partial charge is 0.496 e. The van der Waals surface area contributed by atoms with Crippen molar-refractivity contribution in [2.24, 2.45) is 0 Å². The molecule has 138 valence electrons. The van der Waals surface area contributed by atoms with Crippen LogP contribution in [0, 0.1) is 6.92 Å². The maximum Gasteiger partial charge on any atom is 0.140 e. The number of methoxy groups -OCH3 is 1. The summed E-state index contributed by atoms with van der Waals surface area (Å²) in [6.07, 6.45) is -0.102. The minimum Gasteiger partial charge on any atom is -0.496 e. The van der Waals surface area contributed by atoms with Gasteiger partial charge in [0, 0.05) is 36.5 Å². The van der Waals surface area contributed by atoms with Gasteiger partial charge in [0.15, 0.2) is 0 Å². The van der Waals surface area contributed by atoms with E-state index in [1.54, 1.807) is 7.11 Å². The van der Waals surface area contributed by atoms with Gasteiger partial charge in [-0.05, 0) is 31.2 Å². The molecule has 4 nitrogen and oxygen atoms in total. The number of aromatic nitrogens is 1. The predicted octanol–water partition coefficient (Wildman–Crippen LogP) is 4.53. The Hall–Kier alpha value is -2.85. The first-order chi connectivity index (χ1) is 13.2. The minimum absolute atomic E-state index is 0.102. The molecule has 0 aliphatic carbocycles. The Labute approximate surface area is 160 Å². The Bertz CT molecular complexity index is 926. The molecule has 1 aliphatic rings. The third kappa shape index (κ3) is 3.96. The van der Waals surface area contributed by atoms with Gasteiger partial charge in [0.2, 0.25) is 0 Å². The van der Waals surface area contributed by atoms with Crippen LogP contribution in [0.4, 0.5) is 0 Å². The second-order valence-corrected chi connectivity index (χ2v) is 6.90. The summed E-state index contributed by atoms with van der Waals surface area (Å²) in [4.78, 5) is 7.07. The predicted molar refractivity (Wildman–Crippen MR) is 106 cm³/mol. The standard InChI is InChI=1S/C23H24N2O2/c1-17-8-7-10-19(24-17)15-25-14-18-9-3-5-12-21(18)27-23(16-25)20-11-4-6-13-22(20)26-2/h3-13,23H,14-16H2,1-2H3. The van der Waals surface area contributed by atoms with Crippen LogP contribution in [0.5, 0.6) is 11.5 Å². The van der Waals surface area contributed by atoms with Crippen molar-refractivity contribution < 1.29 is 9.47 Å². The zero-order valence-electron chi connectivity index (χ0n) is 15.8. The normalized spacial score (nSPS) is 16.9. The zero-order valence-corrected chi connectivity index (χ0v) is 15.8. The Kier molecular flexibility index (Phi) is 5.07. The third-order valence-corrected chi connectivity index (χ3v) is 4.88. The van der Waals surface area contributed by atoms with E-state index in [0.29, 0.717) is 0 Å². The number of hydrogen-bond acceptors (Lipinski definition) is 4. The Morgan fingerprint density at radius 1 is 1.04 bits per heavy atom. The first-order valence-corrected chi connectivity index (χ1v) is 9.25. The molecule has 27 heavy (non-hydrogen) atoms. The van der Waals surface area contributed by atoms with E-state index in [2.05, 4.69) is 40.2 Å². The summed E-state index contributed by atoms with van der Waals surface area (Å²) in [7, 11) is 1.71. The van der Waals surface area contributed by atoms with E-state index in [1.165, 1.54) is 5.56 Å². The van der Waals surface area contributed by atoms with Crippen molar-refractivity contribution in [3.05, 3.63) is 89.2 Å². The highest BCUT2D eigenvalue weighted by Crippen LogP contribution is 2.35. The van der Waals surface area contributed by atoms with Gasteiger partial charge in [0.05, 0.1) is 12.8 Å². The molecule has 1 aliphatic heterocycles.